The van der Waals surface area contributed by atoms with Gasteiger partial charge >= 0.3 is 5.97 Å². The second kappa shape index (κ2) is 4.81. The molecule has 0 aliphatic heterocycles. The summed E-state index contributed by atoms with van der Waals surface area (Å²) in [6.45, 7) is 0.655. The topological polar surface area (TPSA) is 49.3 Å². The molecule has 0 amide bonds. The molecule has 2 rings (SSSR count). The standard InChI is InChI=1S/C12H11NO2S/c14-12(15)9-6-11(16-8-9)7-13-10-4-2-1-3-5-10/h1-6,8,13H,7H2,(H,14,15). The third-order valence-electron chi connectivity index (χ3n) is 2.14. The van der Waals surface area contributed by atoms with Gasteiger partial charge in [0, 0.05) is 22.5 Å². The van der Waals surface area contributed by atoms with E-state index in [0.29, 0.717) is 12.1 Å². The monoisotopic (exact) mass is 233 g/mol. The van der Waals surface area contributed by atoms with Crippen molar-refractivity contribution in [1.29, 1.82) is 0 Å². The van der Waals surface area contributed by atoms with Crippen molar-refractivity contribution in [3.63, 3.8) is 0 Å². The van der Waals surface area contributed by atoms with Gasteiger partial charge in [-0.25, -0.2) is 4.79 Å². The molecular weight excluding hydrogens is 222 g/mol. The maximum atomic E-state index is 10.7. The highest BCUT2D eigenvalue weighted by Gasteiger charge is 2.05. The molecule has 2 N–H and O–H groups in total. The molecule has 0 radical (unpaired) electrons. The first kappa shape index (κ1) is 10.7. The molecule has 0 fully saturated rings. The zero-order valence-electron chi connectivity index (χ0n) is 8.51. The number of benzene rings is 1. The summed E-state index contributed by atoms with van der Waals surface area (Å²) in [5.74, 6) is -0.873. The number of carbonyl (C=O) groups is 1. The van der Waals surface area contributed by atoms with Crippen LogP contribution in [0, 0.1) is 0 Å². The van der Waals surface area contributed by atoms with Crippen LogP contribution in [0.2, 0.25) is 0 Å². The second-order valence-corrected chi connectivity index (χ2v) is 4.32. The predicted molar refractivity (Wildman–Crippen MR) is 65.0 cm³/mol. The van der Waals surface area contributed by atoms with Crippen LogP contribution in [-0.4, -0.2) is 11.1 Å². The normalized spacial score (nSPS) is 10.0. The van der Waals surface area contributed by atoms with Gasteiger partial charge in [0.05, 0.1) is 5.56 Å². The van der Waals surface area contributed by atoms with Gasteiger partial charge in [-0.2, -0.15) is 0 Å². The van der Waals surface area contributed by atoms with Crippen LogP contribution in [0.4, 0.5) is 5.69 Å². The van der Waals surface area contributed by atoms with E-state index in [-0.39, 0.29) is 0 Å². The zero-order valence-corrected chi connectivity index (χ0v) is 9.33. The first-order chi connectivity index (χ1) is 7.75. The van der Waals surface area contributed by atoms with Gasteiger partial charge in [-0.3, -0.25) is 0 Å². The maximum Gasteiger partial charge on any atom is 0.336 e. The summed E-state index contributed by atoms with van der Waals surface area (Å²) in [6.07, 6.45) is 0. The Labute approximate surface area is 97.4 Å². The Morgan fingerprint density at radius 3 is 2.69 bits per heavy atom. The van der Waals surface area contributed by atoms with Gasteiger partial charge in [0.25, 0.3) is 0 Å². The molecule has 0 saturated carbocycles. The Bertz CT molecular complexity index is 479. The second-order valence-electron chi connectivity index (χ2n) is 3.33. The lowest BCUT2D eigenvalue weighted by molar-refractivity contribution is 0.0697. The zero-order chi connectivity index (χ0) is 11.4. The Morgan fingerprint density at radius 2 is 2.06 bits per heavy atom. The van der Waals surface area contributed by atoms with E-state index in [1.807, 2.05) is 30.3 Å². The minimum absolute atomic E-state index is 0.356. The quantitative estimate of drug-likeness (QED) is 0.853. The molecule has 1 aromatic carbocycles. The molecule has 1 aromatic heterocycles. The van der Waals surface area contributed by atoms with Crippen molar-refractivity contribution >= 4 is 23.0 Å². The summed E-state index contributed by atoms with van der Waals surface area (Å²) < 4.78 is 0. The van der Waals surface area contributed by atoms with E-state index >= 15 is 0 Å². The molecule has 0 unspecified atom stereocenters. The number of anilines is 1. The molecule has 0 spiro atoms. The molecule has 0 aliphatic rings. The highest BCUT2D eigenvalue weighted by molar-refractivity contribution is 7.10. The van der Waals surface area contributed by atoms with Crippen molar-refractivity contribution in [3.05, 3.63) is 52.2 Å². The van der Waals surface area contributed by atoms with Crippen molar-refractivity contribution < 1.29 is 9.90 Å². The van der Waals surface area contributed by atoms with E-state index in [2.05, 4.69) is 5.32 Å². The van der Waals surface area contributed by atoms with Crippen LogP contribution in [-0.2, 0) is 6.54 Å². The number of nitrogens with one attached hydrogen (secondary N) is 1. The van der Waals surface area contributed by atoms with Gasteiger partial charge in [0.15, 0.2) is 0 Å². The van der Waals surface area contributed by atoms with Crippen molar-refractivity contribution in [2.45, 2.75) is 6.54 Å². The van der Waals surface area contributed by atoms with Crippen molar-refractivity contribution in [3.8, 4) is 0 Å². The van der Waals surface area contributed by atoms with Crippen molar-refractivity contribution in [2.24, 2.45) is 0 Å². The summed E-state index contributed by atoms with van der Waals surface area (Å²) >= 11 is 1.45. The number of carboxylic acid groups (broad SMARTS) is 1. The SMILES string of the molecule is O=C(O)c1csc(CNc2ccccc2)c1. The third kappa shape index (κ3) is 2.61. The Balaban J connectivity index is 1.97. The minimum Gasteiger partial charge on any atom is -0.478 e. The Hall–Kier alpha value is -1.81. The summed E-state index contributed by atoms with van der Waals surface area (Å²) in [6, 6.07) is 11.5. The molecular formula is C12H11NO2S. The van der Waals surface area contributed by atoms with Gasteiger partial charge in [-0.15, -0.1) is 11.3 Å². The van der Waals surface area contributed by atoms with Gasteiger partial charge in [0.2, 0.25) is 0 Å². The fourth-order valence-corrected chi connectivity index (χ4v) is 2.13. The number of hydrogen-bond donors (Lipinski definition) is 2. The highest BCUT2D eigenvalue weighted by Crippen LogP contribution is 2.16. The van der Waals surface area contributed by atoms with Gasteiger partial charge in [-0.05, 0) is 18.2 Å². The fourth-order valence-electron chi connectivity index (χ4n) is 1.33. The molecule has 16 heavy (non-hydrogen) atoms. The largest absolute Gasteiger partial charge is 0.478 e. The van der Waals surface area contributed by atoms with Gasteiger partial charge < -0.3 is 10.4 Å². The molecule has 0 bridgehead atoms. The lowest BCUT2D eigenvalue weighted by Crippen LogP contribution is -1.97. The number of thiophene rings is 1. The van der Waals surface area contributed by atoms with Crippen LogP contribution in [0.5, 0.6) is 0 Å². The average molecular weight is 233 g/mol. The average Bonchev–Trinajstić information content (AvgIpc) is 2.76. The molecule has 0 aliphatic carbocycles. The highest BCUT2D eigenvalue weighted by atomic mass is 32.1. The van der Waals surface area contributed by atoms with Crippen LogP contribution in [0.1, 0.15) is 15.2 Å². The lowest BCUT2D eigenvalue weighted by Gasteiger charge is -2.03. The first-order valence-corrected chi connectivity index (χ1v) is 5.73. The molecule has 2 aromatic rings. The van der Waals surface area contributed by atoms with Crippen LogP contribution >= 0.6 is 11.3 Å². The predicted octanol–water partition coefficient (Wildman–Crippen LogP) is 3.06. The van der Waals surface area contributed by atoms with E-state index in [1.165, 1.54) is 11.3 Å². The number of carboxylic acids is 1. The Morgan fingerprint density at radius 1 is 1.31 bits per heavy atom. The smallest absolute Gasteiger partial charge is 0.336 e. The first-order valence-electron chi connectivity index (χ1n) is 4.85. The molecule has 0 saturated heterocycles. The van der Waals surface area contributed by atoms with Crippen LogP contribution in [0.25, 0.3) is 0 Å². The fraction of sp³-hybridized carbons (Fsp3) is 0.0833. The van der Waals surface area contributed by atoms with E-state index in [9.17, 15) is 4.79 Å². The number of para-hydroxylation sites is 1. The van der Waals surface area contributed by atoms with Crippen molar-refractivity contribution in [2.75, 3.05) is 5.32 Å². The molecule has 3 nitrogen and oxygen atoms in total. The minimum atomic E-state index is -0.873. The van der Waals surface area contributed by atoms with E-state index in [1.54, 1.807) is 11.4 Å². The molecule has 1 heterocycles. The van der Waals surface area contributed by atoms with E-state index in [4.69, 9.17) is 5.11 Å². The molecule has 82 valence electrons. The van der Waals surface area contributed by atoms with Crippen LogP contribution < -0.4 is 5.32 Å². The summed E-state index contributed by atoms with van der Waals surface area (Å²) in [5, 5.41) is 13.7. The summed E-state index contributed by atoms with van der Waals surface area (Å²) in [7, 11) is 0. The maximum absolute atomic E-state index is 10.7. The lowest BCUT2D eigenvalue weighted by atomic mass is 10.3. The van der Waals surface area contributed by atoms with Gasteiger partial charge in [0.1, 0.15) is 0 Å². The van der Waals surface area contributed by atoms with E-state index < -0.39 is 5.97 Å². The summed E-state index contributed by atoms with van der Waals surface area (Å²) in [4.78, 5) is 11.7. The van der Waals surface area contributed by atoms with E-state index in [0.717, 1.165) is 10.6 Å². The molecule has 0 atom stereocenters. The number of rotatable bonds is 4. The van der Waals surface area contributed by atoms with Crippen LogP contribution in [0.15, 0.2) is 41.8 Å². The summed E-state index contributed by atoms with van der Waals surface area (Å²) in [5.41, 5.74) is 1.39. The third-order valence-corrected chi connectivity index (χ3v) is 3.08. The van der Waals surface area contributed by atoms with Crippen LogP contribution in [0.3, 0.4) is 0 Å². The molecule has 4 heteroatoms. The number of aromatic carboxylic acids is 1. The number of hydrogen-bond acceptors (Lipinski definition) is 3. The van der Waals surface area contributed by atoms with Gasteiger partial charge in [-0.1, -0.05) is 18.2 Å². The Kier molecular flexibility index (Phi) is 3.22. The van der Waals surface area contributed by atoms with Crippen molar-refractivity contribution in [1.82, 2.24) is 0 Å².